The first-order valence-corrected chi connectivity index (χ1v) is 10.9. The van der Waals surface area contributed by atoms with Crippen LogP contribution in [0.2, 0.25) is 0 Å². The van der Waals surface area contributed by atoms with Gasteiger partial charge in [-0.05, 0) is 62.1 Å². The van der Waals surface area contributed by atoms with Gasteiger partial charge in [-0.1, -0.05) is 0 Å². The third-order valence-corrected chi connectivity index (χ3v) is 5.86. The van der Waals surface area contributed by atoms with Crippen molar-refractivity contribution in [1.82, 2.24) is 9.88 Å². The first-order chi connectivity index (χ1) is 14.7. The molecular formula is C23H30FN5O. The van der Waals surface area contributed by atoms with Crippen LogP contribution < -0.4 is 15.1 Å². The standard InChI is InChI=1S/C23H30FN5O/c24-19-5-8-21(9-6-19)28-14-4-11-27(15-16-28)18-23(30)26-20-7-10-22(25-17-20)29-12-2-1-3-13-29/h5-10,17H,1-4,11-16,18H2,(H,26,30). The molecular weight excluding hydrogens is 381 g/mol. The van der Waals surface area contributed by atoms with Crippen LogP contribution in [0, 0.1) is 5.82 Å². The molecule has 0 bridgehead atoms. The number of carbonyl (C=O) groups excluding carboxylic acids is 1. The van der Waals surface area contributed by atoms with Gasteiger partial charge in [-0.15, -0.1) is 0 Å². The largest absolute Gasteiger partial charge is 0.370 e. The Morgan fingerprint density at radius 1 is 0.867 bits per heavy atom. The fourth-order valence-corrected chi connectivity index (χ4v) is 4.21. The molecule has 2 aliphatic heterocycles. The maximum atomic E-state index is 13.2. The van der Waals surface area contributed by atoms with Gasteiger partial charge in [0.05, 0.1) is 18.4 Å². The number of pyridine rings is 1. The zero-order valence-electron chi connectivity index (χ0n) is 17.4. The highest BCUT2D eigenvalue weighted by Crippen LogP contribution is 2.19. The van der Waals surface area contributed by atoms with Crippen LogP contribution in [0.3, 0.4) is 0 Å². The number of hydrogen-bond acceptors (Lipinski definition) is 5. The number of anilines is 3. The van der Waals surface area contributed by atoms with Crippen LogP contribution in [-0.2, 0) is 4.79 Å². The average Bonchev–Trinajstić information content (AvgIpc) is 3.01. The van der Waals surface area contributed by atoms with Crippen molar-refractivity contribution in [3.8, 4) is 0 Å². The highest BCUT2D eigenvalue weighted by molar-refractivity contribution is 5.92. The summed E-state index contributed by atoms with van der Waals surface area (Å²) < 4.78 is 13.2. The second-order valence-corrected chi connectivity index (χ2v) is 8.09. The molecule has 2 saturated heterocycles. The molecule has 3 heterocycles. The van der Waals surface area contributed by atoms with E-state index < -0.39 is 0 Å². The van der Waals surface area contributed by atoms with Crippen molar-refractivity contribution in [2.24, 2.45) is 0 Å². The zero-order valence-corrected chi connectivity index (χ0v) is 17.4. The minimum atomic E-state index is -0.217. The van der Waals surface area contributed by atoms with Crippen molar-refractivity contribution in [1.29, 1.82) is 0 Å². The average molecular weight is 412 g/mol. The van der Waals surface area contributed by atoms with Gasteiger partial charge >= 0.3 is 0 Å². The van der Waals surface area contributed by atoms with Gasteiger partial charge in [0.15, 0.2) is 0 Å². The third kappa shape index (κ3) is 5.48. The van der Waals surface area contributed by atoms with E-state index in [1.165, 1.54) is 31.4 Å². The number of hydrogen-bond donors (Lipinski definition) is 1. The van der Waals surface area contributed by atoms with Crippen LogP contribution in [0.15, 0.2) is 42.6 Å². The summed E-state index contributed by atoms with van der Waals surface area (Å²) in [5, 5.41) is 2.97. The predicted octanol–water partition coefficient (Wildman–Crippen LogP) is 3.36. The summed E-state index contributed by atoms with van der Waals surface area (Å²) in [5.74, 6) is 0.754. The van der Waals surface area contributed by atoms with E-state index >= 15 is 0 Å². The minimum Gasteiger partial charge on any atom is -0.370 e. The van der Waals surface area contributed by atoms with Gasteiger partial charge < -0.3 is 15.1 Å². The van der Waals surface area contributed by atoms with Gasteiger partial charge in [0, 0.05) is 45.0 Å². The summed E-state index contributed by atoms with van der Waals surface area (Å²) in [6.07, 6.45) is 6.45. The lowest BCUT2D eigenvalue weighted by molar-refractivity contribution is -0.117. The number of benzene rings is 1. The van der Waals surface area contributed by atoms with E-state index in [1.807, 2.05) is 24.3 Å². The first kappa shape index (κ1) is 20.6. The van der Waals surface area contributed by atoms with E-state index in [4.69, 9.17) is 0 Å². The lowest BCUT2D eigenvalue weighted by atomic mass is 10.1. The van der Waals surface area contributed by atoms with Crippen LogP contribution in [0.25, 0.3) is 0 Å². The van der Waals surface area contributed by atoms with E-state index in [2.05, 4.69) is 25.0 Å². The number of carbonyl (C=O) groups is 1. The highest BCUT2D eigenvalue weighted by Gasteiger charge is 2.18. The second kappa shape index (κ2) is 9.89. The smallest absolute Gasteiger partial charge is 0.238 e. The zero-order chi connectivity index (χ0) is 20.8. The van der Waals surface area contributed by atoms with Crippen LogP contribution >= 0.6 is 0 Å². The Bertz CT molecular complexity index is 820. The minimum absolute atomic E-state index is 0.0160. The number of amides is 1. The molecule has 1 N–H and O–H groups in total. The third-order valence-electron chi connectivity index (χ3n) is 5.86. The second-order valence-electron chi connectivity index (χ2n) is 8.09. The molecule has 0 atom stereocenters. The van der Waals surface area contributed by atoms with Crippen LogP contribution in [0.1, 0.15) is 25.7 Å². The molecule has 6 nitrogen and oxygen atoms in total. The van der Waals surface area contributed by atoms with Gasteiger partial charge in [-0.3, -0.25) is 9.69 Å². The molecule has 0 radical (unpaired) electrons. The van der Waals surface area contributed by atoms with Crippen molar-refractivity contribution in [3.05, 3.63) is 48.4 Å². The molecule has 0 spiro atoms. The summed E-state index contributed by atoms with van der Waals surface area (Å²) >= 11 is 0. The van der Waals surface area contributed by atoms with Crippen LogP contribution in [-0.4, -0.2) is 61.6 Å². The maximum Gasteiger partial charge on any atom is 0.238 e. The molecule has 0 aliphatic carbocycles. The van der Waals surface area contributed by atoms with Crippen LogP contribution in [0.5, 0.6) is 0 Å². The Hall–Kier alpha value is -2.67. The van der Waals surface area contributed by atoms with Crippen LogP contribution in [0.4, 0.5) is 21.6 Å². The van der Waals surface area contributed by atoms with E-state index in [1.54, 1.807) is 6.20 Å². The van der Waals surface area contributed by atoms with E-state index in [0.717, 1.165) is 62.9 Å². The summed E-state index contributed by atoms with van der Waals surface area (Å²) in [4.78, 5) is 23.8. The highest BCUT2D eigenvalue weighted by atomic mass is 19.1. The Morgan fingerprint density at radius 3 is 2.37 bits per heavy atom. The van der Waals surface area contributed by atoms with Gasteiger partial charge in [0.1, 0.15) is 11.6 Å². The fourth-order valence-electron chi connectivity index (χ4n) is 4.21. The molecule has 1 aromatic carbocycles. The maximum absolute atomic E-state index is 13.2. The molecule has 2 aliphatic rings. The molecule has 0 saturated carbocycles. The van der Waals surface area contributed by atoms with Crippen molar-refractivity contribution >= 4 is 23.1 Å². The molecule has 7 heteroatoms. The lowest BCUT2D eigenvalue weighted by Gasteiger charge is -2.27. The number of nitrogens with zero attached hydrogens (tertiary/aromatic N) is 4. The predicted molar refractivity (Wildman–Crippen MR) is 119 cm³/mol. The SMILES string of the molecule is O=C(CN1CCCN(c2ccc(F)cc2)CC1)Nc1ccc(N2CCCCC2)nc1. The van der Waals surface area contributed by atoms with Crippen molar-refractivity contribution in [3.63, 3.8) is 0 Å². The number of halogens is 1. The van der Waals surface area contributed by atoms with Gasteiger partial charge in [0.2, 0.25) is 5.91 Å². The quantitative estimate of drug-likeness (QED) is 0.818. The van der Waals surface area contributed by atoms with E-state index in [9.17, 15) is 9.18 Å². The Labute approximate surface area is 177 Å². The number of aromatic nitrogens is 1. The Kier molecular flexibility index (Phi) is 6.79. The molecule has 160 valence electrons. The Morgan fingerprint density at radius 2 is 1.63 bits per heavy atom. The number of rotatable bonds is 5. The number of nitrogens with one attached hydrogen (secondary N) is 1. The first-order valence-electron chi connectivity index (χ1n) is 10.9. The van der Waals surface area contributed by atoms with Gasteiger partial charge in [0.25, 0.3) is 0 Å². The molecule has 1 aromatic heterocycles. The summed E-state index contributed by atoms with van der Waals surface area (Å²) in [7, 11) is 0. The Balaban J connectivity index is 1.26. The van der Waals surface area contributed by atoms with Gasteiger partial charge in [-0.25, -0.2) is 9.37 Å². The molecule has 4 rings (SSSR count). The molecule has 1 amide bonds. The monoisotopic (exact) mass is 411 g/mol. The number of piperidine rings is 1. The summed E-state index contributed by atoms with van der Waals surface area (Å²) in [6.45, 7) is 5.89. The molecule has 2 aromatic rings. The van der Waals surface area contributed by atoms with Crippen molar-refractivity contribution in [2.45, 2.75) is 25.7 Å². The summed E-state index contributed by atoms with van der Waals surface area (Å²) in [6, 6.07) is 10.6. The fraction of sp³-hybridized carbons (Fsp3) is 0.478. The van der Waals surface area contributed by atoms with E-state index in [0.29, 0.717) is 6.54 Å². The molecule has 30 heavy (non-hydrogen) atoms. The van der Waals surface area contributed by atoms with Gasteiger partial charge in [-0.2, -0.15) is 0 Å². The van der Waals surface area contributed by atoms with Crippen molar-refractivity contribution < 1.29 is 9.18 Å². The normalized spacial score (nSPS) is 18.2. The molecule has 0 unspecified atom stereocenters. The molecule has 2 fully saturated rings. The van der Waals surface area contributed by atoms with Crippen molar-refractivity contribution in [2.75, 3.05) is 60.9 Å². The lowest BCUT2D eigenvalue weighted by Crippen LogP contribution is -2.36. The van der Waals surface area contributed by atoms with E-state index in [-0.39, 0.29) is 11.7 Å². The summed E-state index contributed by atoms with van der Waals surface area (Å²) in [5.41, 5.74) is 1.77. The topological polar surface area (TPSA) is 51.7 Å².